The van der Waals surface area contributed by atoms with Crippen LogP contribution in [0.25, 0.3) is 0 Å². The zero-order chi connectivity index (χ0) is 12.8. The Labute approximate surface area is 106 Å². The second-order valence-electron chi connectivity index (χ2n) is 6.99. The summed E-state index contributed by atoms with van der Waals surface area (Å²) in [7, 11) is -1.71. The van der Waals surface area contributed by atoms with Crippen LogP contribution in [0.1, 0.15) is 27.7 Å². The second-order valence-corrected chi connectivity index (χ2v) is 11.7. The molecule has 4 atom stereocenters. The normalized spacial score (nSPS) is 38.5. The van der Waals surface area contributed by atoms with Crippen LogP contribution in [0.4, 0.5) is 0 Å². The third kappa shape index (κ3) is 2.45. The summed E-state index contributed by atoms with van der Waals surface area (Å²) in [6.45, 7) is 15.1. The van der Waals surface area contributed by atoms with E-state index in [1.54, 1.807) is 0 Å². The van der Waals surface area contributed by atoms with Gasteiger partial charge in [-0.25, -0.2) is 0 Å². The summed E-state index contributed by atoms with van der Waals surface area (Å²) in [5, 5.41) is 0.245. The number of rotatable bonds is 2. The zero-order valence-corrected chi connectivity index (χ0v) is 12.9. The van der Waals surface area contributed by atoms with E-state index in [1.807, 2.05) is 0 Å². The van der Waals surface area contributed by atoms with Crippen LogP contribution in [0.3, 0.4) is 0 Å². The molecule has 0 bridgehead atoms. The number of hydrogen-bond acceptors (Lipinski definition) is 3. The van der Waals surface area contributed by atoms with E-state index in [2.05, 4.69) is 40.8 Å². The monoisotopic (exact) mass is 258 g/mol. The number of fused-ring (bicyclic) bond motifs is 1. The Morgan fingerprint density at radius 2 is 1.65 bits per heavy atom. The van der Waals surface area contributed by atoms with Crippen molar-refractivity contribution in [3.8, 4) is 0 Å². The lowest BCUT2D eigenvalue weighted by Gasteiger charge is -2.39. The Morgan fingerprint density at radius 1 is 1.06 bits per heavy atom. The van der Waals surface area contributed by atoms with Crippen LogP contribution in [-0.2, 0) is 13.9 Å². The van der Waals surface area contributed by atoms with Crippen molar-refractivity contribution in [3.63, 3.8) is 0 Å². The van der Waals surface area contributed by atoms with Gasteiger partial charge in [0.05, 0.1) is 25.4 Å². The van der Waals surface area contributed by atoms with E-state index in [9.17, 15) is 0 Å². The van der Waals surface area contributed by atoms with E-state index in [0.717, 1.165) is 6.61 Å². The Kier molecular flexibility index (Phi) is 3.45. The van der Waals surface area contributed by atoms with Gasteiger partial charge in [0.25, 0.3) is 0 Å². The first-order valence-corrected chi connectivity index (χ1v) is 9.54. The van der Waals surface area contributed by atoms with Gasteiger partial charge < -0.3 is 13.9 Å². The minimum absolute atomic E-state index is 0.144. The van der Waals surface area contributed by atoms with Gasteiger partial charge in [-0.1, -0.05) is 27.7 Å². The van der Waals surface area contributed by atoms with Crippen molar-refractivity contribution in [2.45, 2.75) is 64.1 Å². The number of ether oxygens (including phenoxy) is 2. The standard InChI is InChI=1S/C13H26O3Si/c1-9-7-14-12-10(8-15-11(9)12)16-17(5,6)13(2,3)4/h9-12H,7-8H2,1-6H3/t9-,10-,11+,12-/m1/s1. The molecule has 0 spiro atoms. The van der Waals surface area contributed by atoms with Crippen molar-refractivity contribution >= 4 is 8.32 Å². The molecule has 0 radical (unpaired) electrons. The molecule has 3 nitrogen and oxygen atoms in total. The Morgan fingerprint density at radius 3 is 2.24 bits per heavy atom. The average molecular weight is 258 g/mol. The lowest BCUT2D eigenvalue weighted by Crippen LogP contribution is -2.47. The molecule has 0 aliphatic carbocycles. The van der Waals surface area contributed by atoms with Crippen molar-refractivity contribution in [2.75, 3.05) is 13.2 Å². The van der Waals surface area contributed by atoms with Crippen molar-refractivity contribution in [2.24, 2.45) is 5.92 Å². The predicted octanol–water partition coefficient (Wildman–Crippen LogP) is 2.81. The summed E-state index contributed by atoms with van der Waals surface area (Å²) in [6.07, 6.45) is 0.565. The van der Waals surface area contributed by atoms with E-state index >= 15 is 0 Å². The molecule has 0 aromatic heterocycles. The minimum atomic E-state index is -1.71. The molecule has 0 saturated carbocycles. The highest BCUT2D eigenvalue weighted by atomic mass is 28.4. The van der Waals surface area contributed by atoms with Crippen molar-refractivity contribution in [1.29, 1.82) is 0 Å². The maximum atomic E-state index is 6.41. The van der Waals surface area contributed by atoms with Crippen LogP contribution in [0, 0.1) is 5.92 Å². The maximum absolute atomic E-state index is 6.41. The predicted molar refractivity (Wildman–Crippen MR) is 70.7 cm³/mol. The highest BCUT2D eigenvalue weighted by molar-refractivity contribution is 6.74. The van der Waals surface area contributed by atoms with Gasteiger partial charge in [-0.3, -0.25) is 0 Å². The van der Waals surface area contributed by atoms with Gasteiger partial charge in [-0.2, -0.15) is 0 Å². The van der Waals surface area contributed by atoms with Gasteiger partial charge in [0.1, 0.15) is 6.10 Å². The molecule has 0 aromatic carbocycles. The van der Waals surface area contributed by atoms with E-state index in [4.69, 9.17) is 13.9 Å². The second kappa shape index (κ2) is 4.33. The number of hydrogen-bond donors (Lipinski definition) is 0. The molecule has 2 aliphatic heterocycles. The Bertz CT molecular complexity index is 285. The first-order chi connectivity index (χ1) is 7.72. The van der Waals surface area contributed by atoms with Crippen LogP contribution < -0.4 is 0 Å². The van der Waals surface area contributed by atoms with E-state index in [-0.39, 0.29) is 23.4 Å². The van der Waals surface area contributed by atoms with Crippen molar-refractivity contribution in [3.05, 3.63) is 0 Å². The molecule has 4 heteroatoms. The quantitative estimate of drug-likeness (QED) is 0.713. The molecule has 0 aromatic rings. The SMILES string of the molecule is C[C@@H]1CO[C@H]2[C@H]1OC[C@H]2O[Si](C)(C)C(C)(C)C. The van der Waals surface area contributed by atoms with Crippen LogP contribution >= 0.6 is 0 Å². The molecule has 17 heavy (non-hydrogen) atoms. The first kappa shape index (κ1) is 13.5. The van der Waals surface area contributed by atoms with Gasteiger partial charge in [0.2, 0.25) is 0 Å². The molecule has 2 fully saturated rings. The van der Waals surface area contributed by atoms with Gasteiger partial charge >= 0.3 is 0 Å². The molecule has 2 aliphatic rings. The molecule has 2 heterocycles. The maximum Gasteiger partial charge on any atom is 0.192 e. The molecule has 0 N–H and O–H groups in total. The lowest BCUT2D eigenvalue weighted by atomic mass is 10.0. The van der Waals surface area contributed by atoms with Gasteiger partial charge in [0, 0.05) is 5.92 Å². The first-order valence-electron chi connectivity index (χ1n) is 6.63. The molecular weight excluding hydrogens is 232 g/mol. The fourth-order valence-electron chi connectivity index (χ4n) is 2.31. The van der Waals surface area contributed by atoms with Gasteiger partial charge in [-0.05, 0) is 18.1 Å². The largest absolute Gasteiger partial charge is 0.409 e. The third-order valence-corrected chi connectivity index (χ3v) is 9.01. The van der Waals surface area contributed by atoms with Gasteiger partial charge in [-0.15, -0.1) is 0 Å². The van der Waals surface area contributed by atoms with Crippen LogP contribution in [0.15, 0.2) is 0 Å². The molecule has 0 unspecified atom stereocenters. The fourth-order valence-corrected chi connectivity index (χ4v) is 3.62. The zero-order valence-electron chi connectivity index (χ0n) is 11.9. The summed E-state index contributed by atoms with van der Waals surface area (Å²) < 4.78 is 18.1. The smallest absolute Gasteiger partial charge is 0.192 e. The Balaban J connectivity index is 2.02. The van der Waals surface area contributed by atoms with E-state index < -0.39 is 8.32 Å². The molecule has 100 valence electrons. The highest BCUT2D eigenvalue weighted by Gasteiger charge is 2.49. The van der Waals surface area contributed by atoms with Gasteiger partial charge in [0.15, 0.2) is 8.32 Å². The molecule has 2 saturated heterocycles. The summed E-state index contributed by atoms with van der Waals surface area (Å²) in [5.41, 5.74) is 0. The molecule has 0 amide bonds. The van der Waals surface area contributed by atoms with Crippen LogP contribution in [-0.4, -0.2) is 39.8 Å². The molecule has 2 rings (SSSR count). The summed E-state index contributed by atoms with van der Waals surface area (Å²) >= 11 is 0. The fraction of sp³-hybridized carbons (Fsp3) is 1.00. The summed E-state index contributed by atoms with van der Waals surface area (Å²) in [4.78, 5) is 0. The van der Waals surface area contributed by atoms with E-state index in [0.29, 0.717) is 12.5 Å². The highest BCUT2D eigenvalue weighted by Crippen LogP contribution is 2.40. The van der Waals surface area contributed by atoms with Crippen molar-refractivity contribution in [1.82, 2.24) is 0 Å². The summed E-state index contributed by atoms with van der Waals surface area (Å²) in [5.74, 6) is 0.507. The van der Waals surface area contributed by atoms with Crippen LogP contribution in [0.2, 0.25) is 18.1 Å². The lowest BCUT2D eigenvalue weighted by molar-refractivity contribution is 0.0234. The average Bonchev–Trinajstić information content (AvgIpc) is 2.70. The molecular formula is C13H26O3Si. The topological polar surface area (TPSA) is 27.7 Å². The van der Waals surface area contributed by atoms with Crippen molar-refractivity contribution < 1.29 is 13.9 Å². The summed E-state index contributed by atoms with van der Waals surface area (Å²) in [6, 6.07) is 0. The van der Waals surface area contributed by atoms with E-state index in [1.165, 1.54) is 0 Å². The third-order valence-electron chi connectivity index (χ3n) is 4.51. The van der Waals surface area contributed by atoms with Crippen LogP contribution in [0.5, 0.6) is 0 Å². The Hall–Kier alpha value is 0.0969. The minimum Gasteiger partial charge on any atom is -0.409 e.